The van der Waals surface area contributed by atoms with E-state index < -0.39 is 0 Å². The van der Waals surface area contributed by atoms with E-state index in [1.807, 2.05) is 11.3 Å². The molecule has 2 fully saturated rings. The lowest BCUT2D eigenvalue weighted by Crippen LogP contribution is -2.34. The number of nitrogens with zero attached hydrogens (tertiary/aromatic N) is 2. The van der Waals surface area contributed by atoms with Crippen LogP contribution in [0.4, 0.5) is 0 Å². The molecule has 39 heavy (non-hydrogen) atoms. The van der Waals surface area contributed by atoms with Crippen LogP contribution in [0.1, 0.15) is 43.7 Å². The minimum absolute atomic E-state index is 0.466. The van der Waals surface area contributed by atoms with Gasteiger partial charge in [0.1, 0.15) is 24.7 Å². The summed E-state index contributed by atoms with van der Waals surface area (Å²) >= 11 is 1.89. The number of likely N-dealkylation sites (tertiary alicyclic amines) is 2. The number of fused-ring (bicyclic) bond motifs is 1. The van der Waals surface area contributed by atoms with E-state index >= 15 is 0 Å². The molecule has 0 N–H and O–H groups in total. The van der Waals surface area contributed by atoms with Crippen molar-refractivity contribution in [2.45, 2.75) is 45.1 Å². The van der Waals surface area contributed by atoms with Gasteiger partial charge in [0.25, 0.3) is 0 Å². The van der Waals surface area contributed by atoms with Gasteiger partial charge >= 0.3 is 0 Å². The summed E-state index contributed by atoms with van der Waals surface area (Å²) in [6.45, 7) is 9.62. The third-order valence-corrected chi connectivity index (χ3v) is 9.51. The predicted octanol–water partition coefficient (Wildman–Crippen LogP) is 7.50. The number of rotatable bonds is 11. The first-order valence-corrected chi connectivity index (χ1v) is 15.5. The Hall–Kier alpha value is -2.86. The standard InChI is InChI=1S/C34H40N2O2S/c1-26(36-20-6-7-21-36)25-38-30-14-10-27(11-15-30)24-32-31-8-2-3-9-33(31)39-34(32)28-12-16-29(17-13-28)37-23-22-35-18-4-5-19-35/h2-3,8-17,26H,4-7,18-25H2,1H3. The monoisotopic (exact) mass is 540 g/mol. The molecule has 4 aromatic rings. The zero-order valence-corrected chi connectivity index (χ0v) is 23.9. The molecule has 3 aromatic carbocycles. The Morgan fingerprint density at radius 2 is 1.44 bits per heavy atom. The van der Waals surface area contributed by atoms with Gasteiger partial charge in [-0.2, -0.15) is 0 Å². The van der Waals surface area contributed by atoms with E-state index in [1.54, 1.807) is 0 Å². The van der Waals surface area contributed by atoms with E-state index in [2.05, 4.69) is 89.5 Å². The molecule has 0 bridgehead atoms. The predicted molar refractivity (Wildman–Crippen MR) is 163 cm³/mol. The van der Waals surface area contributed by atoms with Crippen LogP contribution >= 0.6 is 11.3 Å². The second-order valence-corrected chi connectivity index (χ2v) is 12.1. The van der Waals surface area contributed by atoms with Crippen LogP contribution in [-0.2, 0) is 6.42 Å². The van der Waals surface area contributed by atoms with Crippen molar-refractivity contribution in [2.24, 2.45) is 0 Å². The highest BCUT2D eigenvalue weighted by Crippen LogP contribution is 2.40. The SMILES string of the molecule is CC(COc1ccc(Cc2c(-c3ccc(OCCN4CCCC4)cc3)sc3ccccc23)cc1)N1CCCC1. The molecule has 2 saturated heterocycles. The Labute approximate surface area is 237 Å². The zero-order valence-electron chi connectivity index (χ0n) is 23.1. The minimum Gasteiger partial charge on any atom is -0.492 e. The molecule has 4 nitrogen and oxygen atoms in total. The summed E-state index contributed by atoms with van der Waals surface area (Å²) in [6.07, 6.45) is 6.17. The quantitative estimate of drug-likeness (QED) is 0.197. The molecule has 0 spiro atoms. The van der Waals surface area contributed by atoms with Gasteiger partial charge in [0.2, 0.25) is 0 Å². The van der Waals surface area contributed by atoms with E-state index in [4.69, 9.17) is 9.47 Å². The molecule has 1 atom stereocenters. The number of hydrogen-bond donors (Lipinski definition) is 0. The first kappa shape index (κ1) is 26.4. The van der Waals surface area contributed by atoms with Gasteiger partial charge in [-0.3, -0.25) is 9.80 Å². The molecule has 0 amide bonds. The highest BCUT2D eigenvalue weighted by atomic mass is 32.1. The molecule has 3 heterocycles. The van der Waals surface area contributed by atoms with Crippen molar-refractivity contribution in [3.8, 4) is 21.9 Å². The van der Waals surface area contributed by atoms with Gasteiger partial charge in [-0.1, -0.05) is 30.3 Å². The smallest absolute Gasteiger partial charge is 0.119 e. The zero-order chi connectivity index (χ0) is 26.4. The topological polar surface area (TPSA) is 24.9 Å². The normalized spacial score (nSPS) is 17.2. The lowest BCUT2D eigenvalue weighted by Gasteiger charge is -2.23. The van der Waals surface area contributed by atoms with Crippen molar-refractivity contribution in [1.29, 1.82) is 0 Å². The van der Waals surface area contributed by atoms with Crippen molar-refractivity contribution in [1.82, 2.24) is 9.80 Å². The van der Waals surface area contributed by atoms with Gasteiger partial charge in [-0.25, -0.2) is 0 Å². The Morgan fingerprint density at radius 3 is 2.21 bits per heavy atom. The van der Waals surface area contributed by atoms with Gasteiger partial charge in [0.15, 0.2) is 0 Å². The summed E-state index contributed by atoms with van der Waals surface area (Å²) in [6, 6.07) is 26.7. The van der Waals surface area contributed by atoms with E-state index in [1.165, 1.54) is 83.5 Å². The van der Waals surface area contributed by atoms with E-state index in [0.717, 1.165) is 37.7 Å². The molecule has 6 rings (SSSR count). The first-order valence-electron chi connectivity index (χ1n) is 14.6. The molecule has 5 heteroatoms. The van der Waals surface area contributed by atoms with Crippen molar-refractivity contribution >= 4 is 21.4 Å². The van der Waals surface area contributed by atoms with Crippen LogP contribution < -0.4 is 9.47 Å². The molecular formula is C34H40N2O2S. The largest absolute Gasteiger partial charge is 0.492 e. The lowest BCUT2D eigenvalue weighted by molar-refractivity contribution is 0.172. The van der Waals surface area contributed by atoms with Crippen LogP contribution in [0.3, 0.4) is 0 Å². The van der Waals surface area contributed by atoms with Crippen molar-refractivity contribution in [2.75, 3.05) is 45.9 Å². The maximum atomic E-state index is 6.15. The first-order chi connectivity index (χ1) is 19.2. The van der Waals surface area contributed by atoms with Gasteiger partial charge < -0.3 is 9.47 Å². The van der Waals surface area contributed by atoms with Crippen LogP contribution in [0.25, 0.3) is 20.5 Å². The molecular weight excluding hydrogens is 500 g/mol. The molecule has 1 aromatic heterocycles. The fourth-order valence-corrected chi connectivity index (χ4v) is 7.15. The van der Waals surface area contributed by atoms with Crippen molar-refractivity contribution in [3.63, 3.8) is 0 Å². The minimum atomic E-state index is 0.466. The molecule has 0 saturated carbocycles. The molecule has 204 valence electrons. The van der Waals surface area contributed by atoms with Gasteiger partial charge in [0.05, 0.1) is 0 Å². The fraction of sp³-hybridized carbons (Fsp3) is 0.412. The molecule has 2 aliphatic heterocycles. The number of thiophene rings is 1. The molecule has 0 aliphatic carbocycles. The van der Waals surface area contributed by atoms with Gasteiger partial charge in [0, 0.05) is 22.2 Å². The summed E-state index contributed by atoms with van der Waals surface area (Å²) in [4.78, 5) is 6.37. The van der Waals surface area contributed by atoms with E-state index in [-0.39, 0.29) is 0 Å². The average molecular weight is 541 g/mol. The Bertz CT molecular complexity index is 1340. The summed E-state index contributed by atoms with van der Waals surface area (Å²) in [7, 11) is 0. The van der Waals surface area contributed by atoms with E-state index in [0.29, 0.717) is 6.04 Å². The number of benzene rings is 3. The highest BCUT2D eigenvalue weighted by Gasteiger charge is 2.19. The fourth-order valence-electron chi connectivity index (χ4n) is 5.92. The Morgan fingerprint density at radius 1 is 0.769 bits per heavy atom. The van der Waals surface area contributed by atoms with Crippen LogP contribution in [-0.4, -0.2) is 61.8 Å². The second kappa shape index (κ2) is 12.5. The summed E-state index contributed by atoms with van der Waals surface area (Å²) in [5, 5.41) is 1.35. The Kier molecular flexibility index (Phi) is 8.48. The summed E-state index contributed by atoms with van der Waals surface area (Å²) in [5.41, 5.74) is 3.96. The van der Waals surface area contributed by atoms with Crippen LogP contribution in [0.5, 0.6) is 11.5 Å². The molecule has 2 aliphatic rings. The van der Waals surface area contributed by atoms with Crippen LogP contribution in [0, 0.1) is 0 Å². The molecule has 0 radical (unpaired) electrons. The number of hydrogen-bond acceptors (Lipinski definition) is 5. The maximum absolute atomic E-state index is 6.15. The number of ether oxygens (including phenoxy) is 2. The van der Waals surface area contributed by atoms with Gasteiger partial charge in [-0.05, 0) is 130 Å². The third-order valence-electron chi connectivity index (χ3n) is 8.25. The van der Waals surface area contributed by atoms with Crippen molar-refractivity contribution in [3.05, 3.63) is 83.9 Å². The average Bonchev–Trinajstić information content (AvgIpc) is 3.75. The maximum Gasteiger partial charge on any atom is 0.119 e. The molecule has 1 unspecified atom stereocenters. The van der Waals surface area contributed by atoms with Crippen LogP contribution in [0.2, 0.25) is 0 Å². The highest BCUT2D eigenvalue weighted by molar-refractivity contribution is 7.22. The summed E-state index contributed by atoms with van der Waals surface area (Å²) in [5.74, 6) is 1.91. The van der Waals surface area contributed by atoms with Crippen LogP contribution in [0.15, 0.2) is 72.8 Å². The van der Waals surface area contributed by atoms with Crippen molar-refractivity contribution < 1.29 is 9.47 Å². The third kappa shape index (κ3) is 6.49. The second-order valence-electron chi connectivity index (χ2n) is 11.1. The summed E-state index contributed by atoms with van der Waals surface area (Å²) < 4.78 is 13.6. The lowest BCUT2D eigenvalue weighted by atomic mass is 9.99. The Balaban J connectivity index is 1.13. The van der Waals surface area contributed by atoms with Gasteiger partial charge in [-0.15, -0.1) is 11.3 Å². The van der Waals surface area contributed by atoms with E-state index in [9.17, 15) is 0 Å².